The molecule has 0 radical (unpaired) electrons. The van der Waals surface area contributed by atoms with Crippen molar-refractivity contribution in [1.82, 2.24) is 4.98 Å². The van der Waals surface area contributed by atoms with Gasteiger partial charge in [-0.15, -0.1) is 0 Å². The lowest BCUT2D eigenvalue weighted by atomic mass is 10.4. The monoisotopic (exact) mass is 137 g/mol. The maximum Gasteiger partial charge on any atom is 0.393 e. The van der Waals surface area contributed by atoms with Crippen LogP contribution in [0.1, 0.15) is 0 Å². The minimum atomic E-state index is -0.685. The Hall–Kier alpha value is -1.83. The van der Waals surface area contributed by atoms with Crippen LogP contribution in [0.5, 0.6) is 5.88 Å². The summed E-state index contributed by atoms with van der Waals surface area (Å²) in [6, 6.07) is 2.25. The zero-order chi connectivity index (χ0) is 7.56. The van der Waals surface area contributed by atoms with Gasteiger partial charge in [-0.2, -0.15) is 0 Å². The van der Waals surface area contributed by atoms with E-state index in [1.54, 1.807) is 0 Å². The molecule has 1 N–H and O–H groups in total. The number of aromatic amines is 1. The molecule has 50 valence electrons. The van der Waals surface area contributed by atoms with Crippen LogP contribution in [-0.2, 0) is 0 Å². The molecule has 0 aliphatic rings. The van der Waals surface area contributed by atoms with Crippen LogP contribution in [0.4, 0.5) is 5.69 Å². The summed E-state index contributed by atoms with van der Waals surface area (Å²) in [5.41, 5.74) is -0.669. The van der Waals surface area contributed by atoms with Crippen LogP contribution < -0.4 is 10.7 Å². The quantitative estimate of drug-likeness (QED) is 0.508. The molecule has 0 amide bonds. The second kappa shape index (κ2) is 2.19. The maximum absolute atomic E-state index is 10.6. The molecule has 5 heteroatoms. The number of diazo groups is 1. The van der Waals surface area contributed by atoms with Crippen LogP contribution >= 0.6 is 0 Å². The topological polar surface area (TPSA) is 84.1 Å². The molecule has 0 fully saturated rings. The normalized spacial score (nSPS) is 8.70. The number of pyridine rings is 1. The number of H-pyrrole nitrogens is 1. The molecular weight excluding hydrogens is 134 g/mol. The number of hydrogen-bond donors (Lipinski definition) is 1. The van der Waals surface area contributed by atoms with Crippen LogP contribution in [0.15, 0.2) is 16.9 Å². The van der Waals surface area contributed by atoms with Crippen molar-refractivity contribution in [3.05, 3.63) is 27.5 Å². The second-order valence-corrected chi connectivity index (χ2v) is 1.64. The molecule has 10 heavy (non-hydrogen) atoms. The number of aromatic nitrogens is 1. The minimum absolute atomic E-state index is 0.167. The van der Waals surface area contributed by atoms with Crippen molar-refractivity contribution in [1.29, 1.82) is 5.39 Å². The summed E-state index contributed by atoms with van der Waals surface area (Å²) in [5.74, 6) is -0.685. The summed E-state index contributed by atoms with van der Waals surface area (Å²) in [7, 11) is 0. The zero-order valence-electron chi connectivity index (χ0n) is 4.87. The molecule has 1 aromatic heterocycles. The van der Waals surface area contributed by atoms with Crippen LogP contribution in [-0.4, -0.2) is 4.98 Å². The Morgan fingerprint density at radius 3 is 2.80 bits per heavy atom. The van der Waals surface area contributed by atoms with Crippen molar-refractivity contribution in [3.8, 4) is 5.88 Å². The first-order valence-corrected chi connectivity index (χ1v) is 2.49. The molecule has 1 heterocycles. The number of hydrogen-bond acceptors (Lipinski definition) is 3. The highest BCUT2D eigenvalue weighted by Gasteiger charge is 2.03. The molecular formula is C5H3N3O2. The second-order valence-electron chi connectivity index (χ2n) is 1.64. The van der Waals surface area contributed by atoms with E-state index < -0.39 is 11.4 Å². The Labute approximate surface area is 55.6 Å². The van der Waals surface area contributed by atoms with Crippen molar-refractivity contribution < 1.29 is 5.11 Å². The molecule has 1 rings (SSSR count). The summed E-state index contributed by atoms with van der Waals surface area (Å²) >= 11 is 0. The van der Waals surface area contributed by atoms with Crippen molar-refractivity contribution in [2.75, 3.05) is 0 Å². The smallest absolute Gasteiger partial charge is 0.393 e. The van der Waals surface area contributed by atoms with Crippen LogP contribution in [0.2, 0.25) is 0 Å². The lowest BCUT2D eigenvalue weighted by Crippen LogP contribution is -2.06. The molecule has 0 atom stereocenters. The first-order chi connectivity index (χ1) is 4.74. The van der Waals surface area contributed by atoms with E-state index in [2.05, 4.69) is 4.98 Å². The van der Waals surface area contributed by atoms with Gasteiger partial charge in [0.15, 0.2) is 4.98 Å². The summed E-state index contributed by atoms with van der Waals surface area (Å²) < 4.78 is 0. The molecule has 0 bridgehead atoms. The molecule has 0 aromatic carbocycles. The van der Waals surface area contributed by atoms with E-state index in [0.717, 1.165) is 12.1 Å². The zero-order valence-corrected chi connectivity index (χ0v) is 4.87. The summed E-state index contributed by atoms with van der Waals surface area (Å²) in [4.78, 5) is 14.9. The van der Waals surface area contributed by atoms with E-state index in [1.165, 1.54) is 0 Å². The van der Waals surface area contributed by atoms with E-state index in [1.807, 2.05) is 4.98 Å². The highest BCUT2D eigenvalue weighted by atomic mass is 16.3. The molecule has 5 nitrogen and oxygen atoms in total. The van der Waals surface area contributed by atoms with Gasteiger partial charge in [0.1, 0.15) is 0 Å². The highest BCUT2D eigenvalue weighted by molar-refractivity contribution is 5.50. The lowest BCUT2D eigenvalue weighted by Gasteiger charge is -1.95. The van der Waals surface area contributed by atoms with Crippen molar-refractivity contribution in [3.63, 3.8) is 0 Å². The summed E-state index contributed by atoms with van der Waals surface area (Å²) in [5, 5.41) is 18.7. The third-order valence-electron chi connectivity index (χ3n) is 0.970. The Morgan fingerprint density at radius 1 is 1.60 bits per heavy atom. The number of rotatable bonds is 0. The standard InChI is InChI=1S/C5H3N3O2/c6-8-3-1-2-4(9)7-5(3)10/h1-2H,(H-,7,9,10). The van der Waals surface area contributed by atoms with Crippen molar-refractivity contribution >= 4 is 5.69 Å². The fraction of sp³-hybridized carbons (Fsp3) is 0. The average Bonchev–Trinajstić information content (AvgIpc) is 1.88. The lowest BCUT2D eigenvalue weighted by molar-refractivity contribution is -0.273. The summed E-state index contributed by atoms with van der Waals surface area (Å²) in [6.45, 7) is 0. The molecule has 0 spiro atoms. The van der Waals surface area contributed by atoms with Gasteiger partial charge < -0.3 is 10.1 Å². The van der Waals surface area contributed by atoms with Crippen LogP contribution in [0.25, 0.3) is 4.98 Å². The van der Waals surface area contributed by atoms with Crippen molar-refractivity contribution in [2.45, 2.75) is 0 Å². The van der Waals surface area contributed by atoms with Gasteiger partial charge in [0.25, 0.3) is 0 Å². The van der Waals surface area contributed by atoms with E-state index in [4.69, 9.17) is 5.39 Å². The Balaban J connectivity index is 3.37. The van der Waals surface area contributed by atoms with Gasteiger partial charge in [-0.25, -0.2) is 0 Å². The van der Waals surface area contributed by atoms with Gasteiger partial charge >= 0.3 is 5.69 Å². The van der Waals surface area contributed by atoms with Crippen molar-refractivity contribution in [2.24, 2.45) is 0 Å². The van der Waals surface area contributed by atoms with Gasteiger partial charge in [-0.1, -0.05) is 0 Å². The Kier molecular flexibility index (Phi) is 1.38. The SMILES string of the molecule is N#[N+]c1ccc(=O)[nH]c1[O-]. The fourth-order valence-electron chi connectivity index (χ4n) is 0.527. The molecule has 0 aliphatic carbocycles. The van der Waals surface area contributed by atoms with Gasteiger partial charge in [-0.05, 0) is 0 Å². The molecule has 0 saturated heterocycles. The van der Waals surface area contributed by atoms with Gasteiger partial charge in [0.05, 0.1) is 5.88 Å². The van der Waals surface area contributed by atoms with Crippen LogP contribution in [0.3, 0.4) is 0 Å². The van der Waals surface area contributed by atoms with Gasteiger partial charge in [0, 0.05) is 12.1 Å². The van der Waals surface area contributed by atoms with Crippen LogP contribution in [0, 0.1) is 5.39 Å². The predicted octanol–water partition coefficient (Wildman–Crippen LogP) is -0.0669. The third kappa shape index (κ3) is 0.951. The van der Waals surface area contributed by atoms with Gasteiger partial charge in [0.2, 0.25) is 11.0 Å². The third-order valence-corrected chi connectivity index (χ3v) is 0.970. The summed E-state index contributed by atoms with van der Waals surface area (Å²) in [6.07, 6.45) is 0. The van der Waals surface area contributed by atoms with E-state index in [0.29, 0.717) is 0 Å². The molecule has 0 aliphatic heterocycles. The Morgan fingerprint density at radius 2 is 2.30 bits per heavy atom. The first kappa shape index (κ1) is 6.29. The molecule has 1 aromatic rings. The predicted molar refractivity (Wildman–Crippen MR) is 31.3 cm³/mol. The fourth-order valence-corrected chi connectivity index (χ4v) is 0.527. The van der Waals surface area contributed by atoms with E-state index >= 15 is 0 Å². The minimum Gasteiger partial charge on any atom is -0.855 e. The number of nitrogens with one attached hydrogen (secondary N) is 1. The van der Waals surface area contributed by atoms with E-state index in [-0.39, 0.29) is 5.69 Å². The molecule has 0 unspecified atom stereocenters. The first-order valence-electron chi connectivity index (χ1n) is 2.49. The van der Waals surface area contributed by atoms with E-state index in [9.17, 15) is 9.90 Å². The Bertz CT molecular complexity index is 335. The van der Waals surface area contributed by atoms with Gasteiger partial charge in [-0.3, -0.25) is 4.79 Å². The highest BCUT2D eigenvalue weighted by Crippen LogP contribution is 2.16. The largest absolute Gasteiger partial charge is 0.855 e. The average molecular weight is 137 g/mol. The number of nitrogens with zero attached hydrogens (tertiary/aromatic N) is 2. The molecule has 0 saturated carbocycles. The maximum atomic E-state index is 10.6.